The van der Waals surface area contributed by atoms with E-state index in [-0.39, 0.29) is 11.3 Å². The van der Waals surface area contributed by atoms with Crippen molar-refractivity contribution in [2.24, 2.45) is 0 Å². The smallest absolute Gasteiger partial charge is 0.322 e. The SMILES string of the molecule is CCCCCCn1nc(C(=O)NCC(=O)O)c2ccccc2c1=O. The molecule has 0 aliphatic heterocycles. The monoisotopic (exact) mass is 331 g/mol. The second kappa shape index (κ2) is 8.24. The molecule has 2 aromatic rings. The highest BCUT2D eigenvalue weighted by atomic mass is 16.4. The summed E-state index contributed by atoms with van der Waals surface area (Å²) in [7, 11) is 0. The van der Waals surface area contributed by atoms with Gasteiger partial charge in [-0.25, -0.2) is 4.68 Å². The molecule has 0 spiro atoms. The van der Waals surface area contributed by atoms with Gasteiger partial charge in [-0.15, -0.1) is 0 Å². The summed E-state index contributed by atoms with van der Waals surface area (Å²) in [4.78, 5) is 35.4. The van der Waals surface area contributed by atoms with E-state index >= 15 is 0 Å². The quantitative estimate of drug-likeness (QED) is 0.718. The van der Waals surface area contributed by atoms with Gasteiger partial charge in [0, 0.05) is 11.9 Å². The van der Waals surface area contributed by atoms with Crippen molar-refractivity contribution in [3.05, 3.63) is 40.3 Å². The highest BCUT2D eigenvalue weighted by molar-refractivity contribution is 6.05. The van der Waals surface area contributed by atoms with Gasteiger partial charge in [0.25, 0.3) is 11.5 Å². The molecule has 7 heteroatoms. The maximum absolute atomic E-state index is 12.5. The van der Waals surface area contributed by atoms with Gasteiger partial charge < -0.3 is 10.4 Å². The zero-order valence-corrected chi connectivity index (χ0v) is 13.6. The molecule has 1 heterocycles. The number of fused-ring (bicyclic) bond motifs is 1. The molecule has 128 valence electrons. The fourth-order valence-corrected chi connectivity index (χ4v) is 2.48. The van der Waals surface area contributed by atoms with E-state index in [9.17, 15) is 14.4 Å². The first-order chi connectivity index (χ1) is 11.5. The van der Waals surface area contributed by atoms with Crippen LogP contribution in [0.4, 0.5) is 0 Å². The third kappa shape index (κ3) is 4.18. The third-order valence-corrected chi connectivity index (χ3v) is 3.71. The minimum atomic E-state index is -1.14. The molecular formula is C17H21N3O4. The van der Waals surface area contributed by atoms with Crippen LogP contribution in [0, 0.1) is 0 Å². The van der Waals surface area contributed by atoms with Crippen LogP contribution in [0.25, 0.3) is 10.8 Å². The molecule has 7 nitrogen and oxygen atoms in total. The van der Waals surface area contributed by atoms with E-state index < -0.39 is 18.4 Å². The highest BCUT2D eigenvalue weighted by Gasteiger charge is 2.16. The number of unbranched alkanes of at least 4 members (excludes halogenated alkanes) is 3. The molecule has 1 amide bonds. The Bertz CT molecular complexity index is 798. The van der Waals surface area contributed by atoms with Crippen LogP contribution in [0.5, 0.6) is 0 Å². The van der Waals surface area contributed by atoms with Gasteiger partial charge in [-0.3, -0.25) is 14.4 Å². The molecule has 2 rings (SSSR count). The summed E-state index contributed by atoms with van der Waals surface area (Å²) < 4.78 is 1.30. The second-order valence-electron chi connectivity index (χ2n) is 5.56. The van der Waals surface area contributed by atoms with E-state index in [0.29, 0.717) is 17.3 Å². The predicted molar refractivity (Wildman–Crippen MR) is 90.1 cm³/mol. The molecule has 0 saturated carbocycles. The van der Waals surface area contributed by atoms with Gasteiger partial charge in [-0.05, 0) is 12.5 Å². The Kier molecular flexibility index (Phi) is 6.06. The van der Waals surface area contributed by atoms with Crippen LogP contribution in [-0.2, 0) is 11.3 Å². The maximum Gasteiger partial charge on any atom is 0.322 e. The number of carbonyl (C=O) groups is 2. The van der Waals surface area contributed by atoms with Gasteiger partial charge in [0.05, 0.1) is 5.39 Å². The van der Waals surface area contributed by atoms with Crippen molar-refractivity contribution in [2.45, 2.75) is 39.2 Å². The molecule has 0 atom stereocenters. The Morgan fingerprint density at radius 1 is 1.17 bits per heavy atom. The van der Waals surface area contributed by atoms with E-state index in [4.69, 9.17) is 5.11 Å². The van der Waals surface area contributed by atoms with E-state index in [0.717, 1.165) is 25.7 Å². The molecular weight excluding hydrogens is 310 g/mol. The number of aromatic nitrogens is 2. The van der Waals surface area contributed by atoms with Crippen molar-refractivity contribution in [2.75, 3.05) is 6.54 Å². The summed E-state index contributed by atoms with van der Waals surface area (Å²) in [6, 6.07) is 6.73. The molecule has 0 unspecified atom stereocenters. The molecule has 0 fully saturated rings. The first-order valence-corrected chi connectivity index (χ1v) is 8.04. The summed E-state index contributed by atoms with van der Waals surface area (Å²) in [5.41, 5.74) is -0.168. The van der Waals surface area contributed by atoms with Crippen molar-refractivity contribution in [1.29, 1.82) is 0 Å². The number of carbonyl (C=O) groups excluding carboxylic acids is 1. The van der Waals surface area contributed by atoms with Crippen LogP contribution in [0.15, 0.2) is 29.1 Å². The van der Waals surface area contributed by atoms with Crippen molar-refractivity contribution in [3.8, 4) is 0 Å². The first kappa shape index (κ1) is 17.7. The Balaban J connectivity index is 2.37. The maximum atomic E-state index is 12.5. The topological polar surface area (TPSA) is 101 Å². The number of aryl methyl sites for hydroxylation is 1. The predicted octanol–water partition coefficient (Wildman–Crippen LogP) is 1.79. The van der Waals surface area contributed by atoms with Crippen LogP contribution in [0.2, 0.25) is 0 Å². The van der Waals surface area contributed by atoms with Crippen LogP contribution in [0.1, 0.15) is 43.1 Å². The fraction of sp³-hybridized carbons (Fsp3) is 0.412. The summed E-state index contributed by atoms with van der Waals surface area (Å²) in [5.74, 6) is -1.74. The summed E-state index contributed by atoms with van der Waals surface area (Å²) >= 11 is 0. The van der Waals surface area contributed by atoms with Crippen molar-refractivity contribution < 1.29 is 14.7 Å². The van der Waals surface area contributed by atoms with Crippen LogP contribution in [0.3, 0.4) is 0 Å². The fourth-order valence-electron chi connectivity index (χ4n) is 2.48. The summed E-state index contributed by atoms with van der Waals surface area (Å²) in [5, 5.41) is 16.0. The van der Waals surface area contributed by atoms with E-state index in [1.807, 2.05) is 0 Å². The number of carboxylic acid groups (broad SMARTS) is 1. The largest absolute Gasteiger partial charge is 0.480 e. The lowest BCUT2D eigenvalue weighted by molar-refractivity contribution is -0.135. The Hall–Kier alpha value is -2.70. The van der Waals surface area contributed by atoms with E-state index in [1.54, 1.807) is 24.3 Å². The van der Waals surface area contributed by atoms with Gasteiger partial charge >= 0.3 is 5.97 Å². The second-order valence-corrected chi connectivity index (χ2v) is 5.56. The zero-order chi connectivity index (χ0) is 17.5. The van der Waals surface area contributed by atoms with E-state index in [2.05, 4.69) is 17.3 Å². The van der Waals surface area contributed by atoms with Crippen molar-refractivity contribution in [3.63, 3.8) is 0 Å². The average Bonchev–Trinajstić information content (AvgIpc) is 2.58. The molecule has 0 saturated heterocycles. The van der Waals surface area contributed by atoms with Crippen molar-refractivity contribution in [1.82, 2.24) is 15.1 Å². The molecule has 0 aliphatic rings. The zero-order valence-electron chi connectivity index (χ0n) is 13.6. The van der Waals surface area contributed by atoms with E-state index in [1.165, 1.54) is 4.68 Å². The lowest BCUT2D eigenvalue weighted by atomic mass is 10.1. The van der Waals surface area contributed by atoms with Gasteiger partial charge in [-0.1, -0.05) is 44.4 Å². The Labute approximate surface area is 139 Å². The van der Waals surface area contributed by atoms with Crippen LogP contribution < -0.4 is 10.9 Å². The standard InChI is InChI=1S/C17H21N3O4/c1-2-3-4-7-10-20-17(24)13-9-6-5-8-12(13)15(19-20)16(23)18-11-14(21)22/h5-6,8-9H,2-4,7,10-11H2,1H3,(H,18,23)(H,21,22). The number of hydrogen-bond acceptors (Lipinski definition) is 4. The normalized spacial score (nSPS) is 10.7. The minimum Gasteiger partial charge on any atom is -0.480 e. The van der Waals surface area contributed by atoms with Gasteiger partial charge in [0.1, 0.15) is 6.54 Å². The molecule has 24 heavy (non-hydrogen) atoms. The summed E-state index contributed by atoms with van der Waals surface area (Å²) in [6.07, 6.45) is 3.95. The number of amides is 1. The summed E-state index contributed by atoms with van der Waals surface area (Å²) in [6.45, 7) is 2.04. The van der Waals surface area contributed by atoms with Crippen LogP contribution in [-0.4, -0.2) is 33.3 Å². The lowest BCUT2D eigenvalue weighted by Crippen LogP contribution is -2.33. The van der Waals surface area contributed by atoms with Gasteiger partial charge in [0.2, 0.25) is 0 Å². The number of rotatable bonds is 8. The van der Waals surface area contributed by atoms with Gasteiger partial charge in [-0.2, -0.15) is 5.10 Å². The lowest BCUT2D eigenvalue weighted by Gasteiger charge is -2.10. The Morgan fingerprint density at radius 3 is 2.54 bits per heavy atom. The average molecular weight is 331 g/mol. The molecule has 1 aromatic heterocycles. The van der Waals surface area contributed by atoms with Gasteiger partial charge in [0.15, 0.2) is 5.69 Å². The number of benzene rings is 1. The molecule has 0 radical (unpaired) electrons. The Morgan fingerprint density at radius 2 is 1.88 bits per heavy atom. The number of nitrogens with zero attached hydrogens (tertiary/aromatic N) is 2. The number of carboxylic acids is 1. The van der Waals surface area contributed by atoms with Crippen LogP contribution >= 0.6 is 0 Å². The molecule has 0 bridgehead atoms. The molecule has 1 aromatic carbocycles. The minimum absolute atomic E-state index is 0.0712. The number of nitrogens with one attached hydrogen (secondary N) is 1. The third-order valence-electron chi connectivity index (χ3n) is 3.71. The highest BCUT2D eigenvalue weighted by Crippen LogP contribution is 2.13. The molecule has 0 aliphatic carbocycles. The molecule has 2 N–H and O–H groups in total. The number of aliphatic carboxylic acids is 1. The first-order valence-electron chi connectivity index (χ1n) is 8.04. The number of hydrogen-bond donors (Lipinski definition) is 2. The van der Waals surface area contributed by atoms with Crippen molar-refractivity contribution >= 4 is 22.6 Å².